The summed E-state index contributed by atoms with van der Waals surface area (Å²) in [4.78, 5) is 28.5. The number of nitrogens with zero attached hydrogens (tertiary/aromatic N) is 3. The maximum Gasteiger partial charge on any atom is 0.364 e. The summed E-state index contributed by atoms with van der Waals surface area (Å²) < 4.78 is 2.98. The third kappa shape index (κ3) is 3.74. The SMILES string of the molecule is Cc1ccc(C)c(-n2cnc(=O)n2CC(=O)N[C@H](C)c2ccccc2)c1. The lowest BCUT2D eigenvalue weighted by molar-refractivity contribution is -0.122. The summed E-state index contributed by atoms with van der Waals surface area (Å²) in [7, 11) is 0. The molecule has 6 heteroatoms. The minimum Gasteiger partial charge on any atom is -0.348 e. The number of carbonyl (C=O) groups excluding carboxylic acids is 1. The van der Waals surface area contributed by atoms with Gasteiger partial charge in [-0.05, 0) is 43.5 Å². The van der Waals surface area contributed by atoms with Crippen LogP contribution in [0.2, 0.25) is 0 Å². The monoisotopic (exact) mass is 350 g/mol. The number of aromatic nitrogens is 3. The predicted octanol–water partition coefficient (Wildman–Crippen LogP) is 2.53. The summed E-state index contributed by atoms with van der Waals surface area (Å²) >= 11 is 0. The molecule has 1 atom stereocenters. The first-order valence-corrected chi connectivity index (χ1v) is 8.52. The van der Waals surface area contributed by atoms with Crippen molar-refractivity contribution >= 4 is 5.91 Å². The zero-order valence-electron chi connectivity index (χ0n) is 15.1. The zero-order chi connectivity index (χ0) is 18.7. The third-order valence-corrected chi connectivity index (χ3v) is 4.34. The number of nitrogens with one attached hydrogen (secondary N) is 1. The van der Waals surface area contributed by atoms with Crippen LogP contribution in [0.25, 0.3) is 5.69 Å². The normalized spacial score (nSPS) is 12.0. The molecule has 0 unspecified atom stereocenters. The molecule has 1 heterocycles. The molecule has 26 heavy (non-hydrogen) atoms. The van der Waals surface area contributed by atoms with Gasteiger partial charge in [0.1, 0.15) is 12.9 Å². The van der Waals surface area contributed by atoms with Gasteiger partial charge < -0.3 is 5.32 Å². The summed E-state index contributed by atoms with van der Waals surface area (Å²) in [6.07, 6.45) is 1.46. The predicted molar refractivity (Wildman–Crippen MR) is 100 cm³/mol. The van der Waals surface area contributed by atoms with Gasteiger partial charge in [0.2, 0.25) is 5.91 Å². The Morgan fingerprint density at radius 3 is 2.62 bits per heavy atom. The van der Waals surface area contributed by atoms with Crippen LogP contribution in [0.4, 0.5) is 0 Å². The Bertz CT molecular complexity index is 973. The van der Waals surface area contributed by atoms with E-state index in [4.69, 9.17) is 0 Å². The Morgan fingerprint density at radius 2 is 1.88 bits per heavy atom. The van der Waals surface area contributed by atoms with Crippen LogP contribution in [-0.2, 0) is 11.3 Å². The lowest BCUT2D eigenvalue weighted by Gasteiger charge is -2.16. The molecule has 1 amide bonds. The standard InChI is InChI=1S/C20H22N4O2/c1-14-9-10-15(2)18(11-14)24-13-21-20(26)23(24)12-19(25)22-16(3)17-7-5-4-6-8-17/h4-11,13,16H,12H2,1-3H3,(H,22,25)/t16-/m1/s1. The molecule has 134 valence electrons. The van der Waals surface area contributed by atoms with Crippen LogP contribution in [0.3, 0.4) is 0 Å². The van der Waals surface area contributed by atoms with Gasteiger partial charge in [0.25, 0.3) is 0 Å². The van der Waals surface area contributed by atoms with E-state index in [9.17, 15) is 9.59 Å². The van der Waals surface area contributed by atoms with Crippen molar-refractivity contribution in [3.8, 4) is 5.69 Å². The highest BCUT2D eigenvalue weighted by Gasteiger charge is 2.15. The number of hydrogen-bond donors (Lipinski definition) is 1. The van der Waals surface area contributed by atoms with Crippen molar-refractivity contribution in [2.24, 2.45) is 0 Å². The Morgan fingerprint density at radius 1 is 1.15 bits per heavy atom. The molecule has 0 saturated carbocycles. The number of hydrogen-bond acceptors (Lipinski definition) is 3. The lowest BCUT2D eigenvalue weighted by Crippen LogP contribution is -2.35. The van der Waals surface area contributed by atoms with Gasteiger partial charge in [-0.1, -0.05) is 42.5 Å². The highest BCUT2D eigenvalue weighted by atomic mass is 16.2. The smallest absolute Gasteiger partial charge is 0.348 e. The van der Waals surface area contributed by atoms with E-state index in [1.807, 2.05) is 69.3 Å². The molecular weight excluding hydrogens is 328 g/mol. The van der Waals surface area contributed by atoms with Gasteiger partial charge >= 0.3 is 5.69 Å². The molecule has 3 aromatic rings. The average Bonchev–Trinajstić information content (AvgIpc) is 2.98. The zero-order valence-corrected chi connectivity index (χ0v) is 15.1. The molecular formula is C20H22N4O2. The van der Waals surface area contributed by atoms with Gasteiger partial charge in [-0.3, -0.25) is 4.79 Å². The van der Waals surface area contributed by atoms with Gasteiger partial charge in [0, 0.05) is 0 Å². The average molecular weight is 350 g/mol. The molecule has 0 spiro atoms. The molecule has 0 aliphatic rings. The fourth-order valence-corrected chi connectivity index (χ4v) is 2.88. The Labute approximate surface area is 152 Å². The van der Waals surface area contributed by atoms with E-state index in [0.717, 1.165) is 22.4 Å². The maximum absolute atomic E-state index is 12.5. The molecule has 1 N–H and O–H groups in total. The van der Waals surface area contributed by atoms with E-state index in [1.165, 1.54) is 11.0 Å². The van der Waals surface area contributed by atoms with Crippen molar-refractivity contribution in [2.75, 3.05) is 0 Å². The molecule has 0 bridgehead atoms. The Balaban J connectivity index is 1.82. The van der Waals surface area contributed by atoms with Crippen molar-refractivity contribution in [3.05, 3.63) is 82.0 Å². The second-order valence-corrected chi connectivity index (χ2v) is 6.42. The highest BCUT2D eigenvalue weighted by Crippen LogP contribution is 2.15. The van der Waals surface area contributed by atoms with Crippen LogP contribution in [0.5, 0.6) is 0 Å². The van der Waals surface area contributed by atoms with E-state index in [-0.39, 0.29) is 18.5 Å². The van der Waals surface area contributed by atoms with Crippen molar-refractivity contribution in [1.82, 2.24) is 19.7 Å². The molecule has 0 saturated heterocycles. The van der Waals surface area contributed by atoms with Gasteiger partial charge in [0.05, 0.1) is 11.7 Å². The van der Waals surface area contributed by atoms with Crippen LogP contribution < -0.4 is 11.0 Å². The van der Waals surface area contributed by atoms with Crippen LogP contribution >= 0.6 is 0 Å². The van der Waals surface area contributed by atoms with Crippen molar-refractivity contribution < 1.29 is 4.79 Å². The first-order chi connectivity index (χ1) is 12.5. The number of amides is 1. The molecule has 2 aromatic carbocycles. The van der Waals surface area contributed by atoms with E-state index in [0.29, 0.717) is 0 Å². The van der Waals surface area contributed by atoms with Crippen LogP contribution in [0.1, 0.15) is 29.7 Å². The Hall–Kier alpha value is -3.15. The topological polar surface area (TPSA) is 68.9 Å². The Kier molecular flexibility index (Phi) is 5.02. The van der Waals surface area contributed by atoms with E-state index >= 15 is 0 Å². The summed E-state index contributed by atoms with van der Waals surface area (Å²) in [5, 5.41) is 2.93. The summed E-state index contributed by atoms with van der Waals surface area (Å²) in [6, 6.07) is 15.5. The number of carbonyl (C=O) groups is 1. The van der Waals surface area contributed by atoms with E-state index < -0.39 is 5.69 Å². The summed E-state index contributed by atoms with van der Waals surface area (Å²) in [5.74, 6) is -0.240. The van der Waals surface area contributed by atoms with Crippen molar-refractivity contribution in [1.29, 1.82) is 0 Å². The molecule has 3 rings (SSSR count). The second-order valence-electron chi connectivity index (χ2n) is 6.42. The minimum atomic E-state index is -0.451. The fraction of sp³-hybridized carbons (Fsp3) is 0.250. The van der Waals surface area contributed by atoms with Crippen LogP contribution in [0.15, 0.2) is 59.7 Å². The summed E-state index contributed by atoms with van der Waals surface area (Å²) in [5.41, 5.74) is 3.47. The van der Waals surface area contributed by atoms with Gasteiger partial charge in [-0.2, -0.15) is 4.98 Å². The van der Waals surface area contributed by atoms with E-state index in [1.54, 1.807) is 4.68 Å². The number of benzene rings is 2. The van der Waals surface area contributed by atoms with Crippen LogP contribution in [0, 0.1) is 13.8 Å². The molecule has 0 fully saturated rings. The molecule has 6 nitrogen and oxygen atoms in total. The second kappa shape index (κ2) is 7.39. The number of aryl methyl sites for hydroxylation is 2. The third-order valence-electron chi connectivity index (χ3n) is 4.34. The molecule has 0 radical (unpaired) electrons. The largest absolute Gasteiger partial charge is 0.364 e. The molecule has 0 aliphatic carbocycles. The highest BCUT2D eigenvalue weighted by molar-refractivity contribution is 5.76. The van der Waals surface area contributed by atoms with Crippen molar-refractivity contribution in [3.63, 3.8) is 0 Å². The first kappa shape index (κ1) is 17.7. The van der Waals surface area contributed by atoms with Gasteiger partial charge in [0.15, 0.2) is 0 Å². The first-order valence-electron chi connectivity index (χ1n) is 8.52. The molecule has 1 aromatic heterocycles. The van der Waals surface area contributed by atoms with E-state index in [2.05, 4.69) is 10.3 Å². The minimum absolute atomic E-state index is 0.0939. The van der Waals surface area contributed by atoms with Gasteiger partial charge in [-0.25, -0.2) is 14.2 Å². The lowest BCUT2D eigenvalue weighted by atomic mass is 10.1. The van der Waals surface area contributed by atoms with Crippen LogP contribution in [-0.4, -0.2) is 20.3 Å². The maximum atomic E-state index is 12.5. The number of rotatable bonds is 5. The van der Waals surface area contributed by atoms with Gasteiger partial charge in [-0.15, -0.1) is 0 Å². The quantitative estimate of drug-likeness (QED) is 0.769. The van der Waals surface area contributed by atoms with Crippen molar-refractivity contribution in [2.45, 2.75) is 33.4 Å². The molecule has 0 aliphatic heterocycles. The fourth-order valence-electron chi connectivity index (χ4n) is 2.88. The summed E-state index contributed by atoms with van der Waals surface area (Å²) in [6.45, 7) is 5.76.